The lowest BCUT2D eigenvalue weighted by atomic mass is 10.1. The molecule has 0 radical (unpaired) electrons. The predicted octanol–water partition coefficient (Wildman–Crippen LogP) is 3.12. The van der Waals surface area contributed by atoms with Crippen molar-refractivity contribution in [3.8, 4) is 11.3 Å². The van der Waals surface area contributed by atoms with Crippen molar-refractivity contribution in [2.45, 2.75) is 26.3 Å². The van der Waals surface area contributed by atoms with Crippen LogP contribution < -0.4 is 0 Å². The van der Waals surface area contributed by atoms with Gasteiger partial charge in [-0.1, -0.05) is 30.3 Å². The lowest BCUT2D eigenvalue weighted by Gasteiger charge is -2.18. The molecule has 17 heavy (non-hydrogen) atoms. The zero-order chi connectivity index (χ0) is 12.5. The van der Waals surface area contributed by atoms with Gasteiger partial charge in [0, 0.05) is 11.8 Å². The second-order valence-electron chi connectivity index (χ2n) is 5.03. The number of aldehydes is 1. The van der Waals surface area contributed by atoms with Gasteiger partial charge in [0.05, 0.1) is 11.1 Å². The van der Waals surface area contributed by atoms with Crippen molar-refractivity contribution in [2.24, 2.45) is 0 Å². The molecule has 1 heterocycles. The molecule has 2 aromatic rings. The van der Waals surface area contributed by atoms with Crippen LogP contribution in [0.5, 0.6) is 0 Å². The highest BCUT2D eigenvalue weighted by Gasteiger charge is 2.18. The first-order chi connectivity index (χ1) is 8.02. The Bertz CT molecular complexity index is 521. The van der Waals surface area contributed by atoms with Gasteiger partial charge in [0.1, 0.15) is 5.69 Å². The Labute approximate surface area is 101 Å². The molecule has 0 amide bonds. The Balaban J connectivity index is 2.55. The highest BCUT2D eigenvalue weighted by Crippen LogP contribution is 2.23. The number of aromatic nitrogens is 2. The van der Waals surface area contributed by atoms with Crippen molar-refractivity contribution < 1.29 is 4.79 Å². The second kappa shape index (κ2) is 4.17. The van der Waals surface area contributed by atoms with Crippen LogP contribution in [0.4, 0.5) is 0 Å². The second-order valence-corrected chi connectivity index (χ2v) is 5.03. The molecular formula is C14H16N2O. The number of benzene rings is 1. The number of hydrogen-bond acceptors (Lipinski definition) is 2. The minimum atomic E-state index is -0.120. The Morgan fingerprint density at radius 3 is 2.35 bits per heavy atom. The summed E-state index contributed by atoms with van der Waals surface area (Å²) in [6, 6.07) is 9.76. The van der Waals surface area contributed by atoms with E-state index in [1.807, 2.05) is 35.0 Å². The van der Waals surface area contributed by atoms with Crippen LogP contribution in [0.3, 0.4) is 0 Å². The summed E-state index contributed by atoms with van der Waals surface area (Å²) < 4.78 is 1.83. The molecule has 88 valence electrons. The first-order valence-corrected chi connectivity index (χ1v) is 5.63. The molecule has 1 aromatic heterocycles. The van der Waals surface area contributed by atoms with Gasteiger partial charge in [0.25, 0.3) is 0 Å². The van der Waals surface area contributed by atoms with Crippen molar-refractivity contribution in [3.05, 3.63) is 42.1 Å². The molecule has 3 nitrogen and oxygen atoms in total. The standard InChI is InChI=1S/C14H16N2O/c1-14(2,3)16-9-12(10-17)13(15-16)11-7-5-4-6-8-11/h4-10H,1-3H3. The molecule has 0 aliphatic rings. The summed E-state index contributed by atoms with van der Waals surface area (Å²) in [5, 5.41) is 4.51. The van der Waals surface area contributed by atoms with E-state index in [-0.39, 0.29) is 5.54 Å². The number of carbonyl (C=O) groups is 1. The Morgan fingerprint density at radius 2 is 1.82 bits per heavy atom. The van der Waals surface area contributed by atoms with Crippen LogP contribution in [-0.2, 0) is 5.54 Å². The van der Waals surface area contributed by atoms with Gasteiger partial charge < -0.3 is 0 Å². The summed E-state index contributed by atoms with van der Waals surface area (Å²) in [4.78, 5) is 11.1. The fourth-order valence-electron chi connectivity index (χ4n) is 1.64. The average molecular weight is 228 g/mol. The van der Waals surface area contributed by atoms with Crippen molar-refractivity contribution >= 4 is 6.29 Å². The molecule has 2 rings (SSSR count). The monoisotopic (exact) mass is 228 g/mol. The van der Waals surface area contributed by atoms with Gasteiger partial charge in [-0.25, -0.2) is 0 Å². The van der Waals surface area contributed by atoms with Gasteiger partial charge in [0.2, 0.25) is 0 Å². The van der Waals surface area contributed by atoms with Crippen LogP contribution in [0.2, 0.25) is 0 Å². The summed E-state index contributed by atoms with van der Waals surface area (Å²) >= 11 is 0. The normalized spacial score (nSPS) is 11.5. The van der Waals surface area contributed by atoms with Crippen molar-refractivity contribution in [3.63, 3.8) is 0 Å². The number of nitrogens with zero attached hydrogens (tertiary/aromatic N) is 2. The quantitative estimate of drug-likeness (QED) is 0.740. The summed E-state index contributed by atoms with van der Waals surface area (Å²) in [7, 11) is 0. The molecular weight excluding hydrogens is 212 g/mol. The highest BCUT2D eigenvalue weighted by atomic mass is 16.1. The zero-order valence-electron chi connectivity index (χ0n) is 10.3. The molecule has 0 saturated carbocycles. The molecule has 0 aliphatic carbocycles. The van der Waals surface area contributed by atoms with Crippen LogP contribution in [0.1, 0.15) is 31.1 Å². The maximum Gasteiger partial charge on any atom is 0.153 e. The number of hydrogen-bond donors (Lipinski definition) is 0. The van der Waals surface area contributed by atoms with Crippen LogP contribution in [0.15, 0.2) is 36.5 Å². The van der Waals surface area contributed by atoms with Crippen LogP contribution >= 0.6 is 0 Å². The molecule has 0 atom stereocenters. The lowest BCUT2D eigenvalue weighted by molar-refractivity contribution is 0.112. The van der Waals surface area contributed by atoms with E-state index in [4.69, 9.17) is 0 Å². The minimum absolute atomic E-state index is 0.120. The largest absolute Gasteiger partial charge is 0.298 e. The summed E-state index contributed by atoms with van der Waals surface area (Å²) in [6.07, 6.45) is 2.66. The maximum atomic E-state index is 11.1. The van der Waals surface area contributed by atoms with E-state index in [0.29, 0.717) is 5.56 Å². The van der Waals surface area contributed by atoms with Gasteiger partial charge in [0.15, 0.2) is 6.29 Å². The molecule has 0 fully saturated rings. The van der Waals surface area contributed by atoms with Gasteiger partial charge in [-0.2, -0.15) is 5.10 Å². The molecule has 0 saturated heterocycles. The maximum absolute atomic E-state index is 11.1. The third-order valence-electron chi connectivity index (χ3n) is 2.60. The fourth-order valence-corrected chi connectivity index (χ4v) is 1.64. The van der Waals surface area contributed by atoms with E-state index < -0.39 is 0 Å². The Morgan fingerprint density at radius 1 is 1.18 bits per heavy atom. The summed E-state index contributed by atoms with van der Waals surface area (Å²) in [5.41, 5.74) is 2.23. The highest BCUT2D eigenvalue weighted by molar-refractivity contribution is 5.85. The fraction of sp³-hybridized carbons (Fsp3) is 0.286. The molecule has 1 aromatic carbocycles. The predicted molar refractivity (Wildman–Crippen MR) is 68.0 cm³/mol. The SMILES string of the molecule is CC(C)(C)n1cc(C=O)c(-c2ccccc2)n1. The van der Waals surface area contributed by atoms with E-state index >= 15 is 0 Å². The molecule has 0 bridgehead atoms. The van der Waals surface area contributed by atoms with E-state index in [0.717, 1.165) is 17.5 Å². The zero-order valence-corrected chi connectivity index (χ0v) is 10.3. The van der Waals surface area contributed by atoms with Gasteiger partial charge in [-0.3, -0.25) is 9.48 Å². The topological polar surface area (TPSA) is 34.9 Å². The molecule has 3 heteroatoms. The third-order valence-corrected chi connectivity index (χ3v) is 2.60. The molecule has 0 aliphatic heterocycles. The molecule has 0 unspecified atom stereocenters. The van der Waals surface area contributed by atoms with E-state index in [9.17, 15) is 4.79 Å². The van der Waals surface area contributed by atoms with Gasteiger partial charge in [-0.15, -0.1) is 0 Å². The molecule has 0 spiro atoms. The first-order valence-electron chi connectivity index (χ1n) is 5.63. The minimum Gasteiger partial charge on any atom is -0.298 e. The summed E-state index contributed by atoms with van der Waals surface area (Å²) in [5.74, 6) is 0. The number of carbonyl (C=O) groups excluding carboxylic acids is 1. The van der Waals surface area contributed by atoms with Crippen molar-refractivity contribution in [1.29, 1.82) is 0 Å². The van der Waals surface area contributed by atoms with Crippen LogP contribution in [0.25, 0.3) is 11.3 Å². The van der Waals surface area contributed by atoms with Crippen LogP contribution in [0, 0.1) is 0 Å². The smallest absolute Gasteiger partial charge is 0.153 e. The first kappa shape index (κ1) is 11.6. The van der Waals surface area contributed by atoms with E-state index in [1.54, 1.807) is 6.20 Å². The third kappa shape index (κ3) is 2.28. The van der Waals surface area contributed by atoms with Gasteiger partial charge >= 0.3 is 0 Å². The van der Waals surface area contributed by atoms with Crippen molar-refractivity contribution in [2.75, 3.05) is 0 Å². The van der Waals surface area contributed by atoms with E-state index in [1.165, 1.54) is 0 Å². The van der Waals surface area contributed by atoms with Gasteiger partial charge in [-0.05, 0) is 20.8 Å². The van der Waals surface area contributed by atoms with Crippen molar-refractivity contribution in [1.82, 2.24) is 9.78 Å². The Hall–Kier alpha value is -1.90. The Kier molecular flexibility index (Phi) is 2.84. The van der Waals surface area contributed by atoms with E-state index in [2.05, 4.69) is 25.9 Å². The molecule has 0 N–H and O–H groups in total. The average Bonchev–Trinajstić information content (AvgIpc) is 2.73. The lowest BCUT2D eigenvalue weighted by Crippen LogP contribution is -2.22. The van der Waals surface area contributed by atoms with Crippen LogP contribution in [-0.4, -0.2) is 16.1 Å². The number of rotatable bonds is 2. The summed E-state index contributed by atoms with van der Waals surface area (Å²) in [6.45, 7) is 6.18.